The third kappa shape index (κ3) is 2.61. The van der Waals surface area contributed by atoms with Crippen molar-refractivity contribution in [2.45, 2.75) is 0 Å². The first-order chi connectivity index (χ1) is 9.85. The number of anilines is 2. The van der Waals surface area contributed by atoms with Crippen molar-refractivity contribution in [1.82, 2.24) is 10.2 Å². The number of hydrogen-bond donors (Lipinski definition) is 1. The van der Waals surface area contributed by atoms with Gasteiger partial charge in [0.15, 0.2) is 0 Å². The molecular formula is C15H13N3O2. The van der Waals surface area contributed by atoms with E-state index in [1.165, 1.54) is 0 Å². The largest absolute Gasteiger partial charge is 0.497 e. The SMILES string of the molecule is COc1ccc(Nc2nnc(-c3ccccc3)o2)cc1. The minimum atomic E-state index is 0.356. The third-order valence-electron chi connectivity index (χ3n) is 2.79. The number of aromatic nitrogens is 2. The molecule has 0 amide bonds. The summed E-state index contributed by atoms with van der Waals surface area (Å²) in [5, 5.41) is 11.0. The van der Waals surface area contributed by atoms with Crippen LogP contribution in [0.25, 0.3) is 11.5 Å². The molecule has 0 radical (unpaired) electrons. The molecule has 1 N–H and O–H groups in total. The van der Waals surface area contributed by atoms with Crippen molar-refractivity contribution in [1.29, 1.82) is 0 Å². The molecule has 0 aliphatic carbocycles. The first-order valence-electron chi connectivity index (χ1n) is 6.15. The predicted octanol–water partition coefficient (Wildman–Crippen LogP) is 3.49. The quantitative estimate of drug-likeness (QED) is 0.784. The number of nitrogens with zero attached hydrogens (tertiary/aromatic N) is 2. The van der Waals surface area contributed by atoms with E-state index in [9.17, 15) is 0 Å². The Morgan fingerprint density at radius 1 is 0.950 bits per heavy atom. The molecule has 100 valence electrons. The van der Waals surface area contributed by atoms with Crippen LogP contribution in [0.5, 0.6) is 5.75 Å². The molecule has 0 aliphatic rings. The van der Waals surface area contributed by atoms with Crippen molar-refractivity contribution in [3.05, 3.63) is 54.6 Å². The molecule has 2 aromatic carbocycles. The maximum Gasteiger partial charge on any atom is 0.320 e. The van der Waals surface area contributed by atoms with Crippen molar-refractivity contribution in [3.63, 3.8) is 0 Å². The zero-order valence-electron chi connectivity index (χ0n) is 10.9. The Morgan fingerprint density at radius 3 is 2.40 bits per heavy atom. The van der Waals surface area contributed by atoms with Gasteiger partial charge in [0.05, 0.1) is 7.11 Å². The summed E-state index contributed by atoms with van der Waals surface area (Å²) >= 11 is 0. The highest BCUT2D eigenvalue weighted by atomic mass is 16.5. The lowest BCUT2D eigenvalue weighted by atomic mass is 10.2. The summed E-state index contributed by atoms with van der Waals surface area (Å²) in [4.78, 5) is 0. The Morgan fingerprint density at radius 2 is 1.70 bits per heavy atom. The summed E-state index contributed by atoms with van der Waals surface area (Å²) in [6.07, 6.45) is 0. The molecule has 20 heavy (non-hydrogen) atoms. The first-order valence-corrected chi connectivity index (χ1v) is 6.15. The molecule has 0 atom stereocenters. The molecular weight excluding hydrogens is 254 g/mol. The van der Waals surface area contributed by atoms with Crippen molar-refractivity contribution in [3.8, 4) is 17.2 Å². The molecule has 0 aliphatic heterocycles. The maximum atomic E-state index is 5.57. The van der Waals surface area contributed by atoms with Gasteiger partial charge in [-0.25, -0.2) is 0 Å². The van der Waals surface area contributed by atoms with E-state index in [4.69, 9.17) is 9.15 Å². The Hall–Kier alpha value is -2.82. The summed E-state index contributed by atoms with van der Waals surface area (Å²) < 4.78 is 10.7. The highest BCUT2D eigenvalue weighted by molar-refractivity contribution is 5.56. The minimum Gasteiger partial charge on any atom is -0.497 e. The van der Waals surface area contributed by atoms with Crippen LogP contribution in [0.15, 0.2) is 59.0 Å². The van der Waals surface area contributed by atoms with Crippen LogP contribution in [0.1, 0.15) is 0 Å². The Kier molecular flexibility index (Phi) is 3.33. The highest BCUT2D eigenvalue weighted by Crippen LogP contribution is 2.22. The van der Waals surface area contributed by atoms with Gasteiger partial charge in [-0.15, -0.1) is 5.10 Å². The highest BCUT2D eigenvalue weighted by Gasteiger charge is 2.07. The van der Waals surface area contributed by atoms with Gasteiger partial charge < -0.3 is 14.5 Å². The van der Waals surface area contributed by atoms with E-state index >= 15 is 0 Å². The van der Waals surface area contributed by atoms with Gasteiger partial charge >= 0.3 is 6.01 Å². The van der Waals surface area contributed by atoms with E-state index < -0.39 is 0 Å². The van der Waals surface area contributed by atoms with Gasteiger partial charge in [-0.05, 0) is 36.4 Å². The van der Waals surface area contributed by atoms with E-state index in [1.54, 1.807) is 7.11 Å². The monoisotopic (exact) mass is 267 g/mol. The first kappa shape index (κ1) is 12.2. The average Bonchev–Trinajstić information content (AvgIpc) is 2.97. The molecule has 3 aromatic rings. The van der Waals surface area contributed by atoms with Crippen LogP contribution in [0.2, 0.25) is 0 Å². The maximum absolute atomic E-state index is 5.57. The lowest BCUT2D eigenvalue weighted by molar-refractivity contribution is 0.415. The molecule has 0 bridgehead atoms. The average molecular weight is 267 g/mol. The van der Waals surface area contributed by atoms with E-state index in [0.29, 0.717) is 11.9 Å². The zero-order valence-corrected chi connectivity index (χ0v) is 10.9. The zero-order chi connectivity index (χ0) is 13.8. The van der Waals surface area contributed by atoms with E-state index in [2.05, 4.69) is 15.5 Å². The third-order valence-corrected chi connectivity index (χ3v) is 2.79. The molecule has 0 saturated heterocycles. The predicted molar refractivity (Wildman–Crippen MR) is 76.0 cm³/mol. The topological polar surface area (TPSA) is 60.2 Å². The fraction of sp³-hybridized carbons (Fsp3) is 0.0667. The number of methoxy groups -OCH3 is 1. The van der Waals surface area contributed by atoms with Crippen molar-refractivity contribution >= 4 is 11.7 Å². The summed E-state index contributed by atoms with van der Waals surface area (Å²) in [5.74, 6) is 1.28. The molecule has 1 aromatic heterocycles. The molecule has 3 rings (SSSR count). The molecule has 5 nitrogen and oxygen atoms in total. The van der Waals surface area contributed by atoms with Gasteiger partial charge in [-0.1, -0.05) is 23.3 Å². The second-order valence-corrected chi connectivity index (χ2v) is 4.13. The number of hydrogen-bond acceptors (Lipinski definition) is 5. The number of benzene rings is 2. The summed E-state index contributed by atoms with van der Waals surface area (Å²) in [6.45, 7) is 0. The lowest BCUT2D eigenvalue weighted by Crippen LogP contribution is -1.90. The van der Waals surface area contributed by atoms with Crippen molar-refractivity contribution in [2.75, 3.05) is 12.4 Å². The smallest absolute Gasteiger partial charge is 0.320 e. The van der Waals surface area contributed by atoms with Crippen molar-refractivity contribution in [2.24, 2.45) is 0 Å². The Labute approximate surface area is 116 Å². The molecule has 0 unspecified atom stereocenters. The van der Waals surface area contributed by atoms with Gasteiger partial charge in [-0.2, -0.15) is 0 Å². The second-order valence-electron chi connectivity index (χ2n) is 4.13. The van der Waals surface area contributed by atoms with Crippen LogP contribution >= 0.6 is 0 Å². The fourth-order valence-corrected chi connectivity index (χ4v) is 1.77. The molecule has 0 spiro atoms. The van der Waals surface area contributed by atoms with Gasteiger partial charge in [0.25, 0.3) is 0 Å². The Bertz CT molecular complexity index is 678. The minimum absolute atomic E-state index is 0.356. The van der Waals surface area contributed by atoms with Crippen LogP contribution in [0.4, 0.5) is 11.7 Å². The normalized spacial score (nSPS) is 10.2. The molecule has 0 fully saturated rings. The number of nitrogens with one attached hydrogen (secondary N) is 1. The van der Waals surface area contributed by atoms with Crippen LogP contribution < -0.4 is 10.1 Å². The van der Waals surface area contributed by atoms with Gasteiger partial charge in [0.2, 0.25) is 5.89 Å². The summed E-state index contributed by atoms with van der Waals surface area (Å²) in [6, 6.07) is 17.5. The van der Waals surface area contributed by atoms with Gasteiger partial charge in [0, 0.05) is 11.3 Å². The standard InChI is InChI=1S/C15H13N3O2/c1-19-13-9-7-12(8-10-13)16-15-18-17-14(20-15)11-5-3-2-4-6-11/h2-10H,1H3,(H,16,18). The number of rotatable bonds is 4. The van der Waals surface area contributed by atoms with Crippen molar-refractivity contribution < 1.29 is 9.15 Å². The van der Waals surface area contributed by atoms with Crippen LogP contribution in [-0.2, 0) is 0 Å². The van der Waals surface area contributed by atoms with Gasteiger partial charge in [-0.3, -0.25) is 0 Å². The van der Waals surface area contributed by atoms with E-state index in [-0.39, 0.29) is 0 Å². The molecule has 1 heterocycles. The summed E-state index contributed by atoms with van der Waals surface area (Å²) in [5.41, 5.74) is 1.75. The van der Waals surface area contributed by atoms with Crippen LogP contribution in [-0.4, -0.2) is 17.3 Å². The fourth-order valence-electron chi connectivity index (χ4n) is 1.77. The second kappa shape index (κ2) is 5.44. The van der Waals surface area contributed by atoms with Crippen LogP contribution in [0, 0.1) is 0 Å². The van der Waals surface area contributed by atoms with Crippen LogP contribution in [0.3, 0.4) is 0 Å². The van der Waals surface area contributed by atoms with E-state index in [0.717, 1.165) is 17.0 Å². The number of ether oxygens (including phenoxy) is 1. The molecule has 0 saturated carbocycles. The molecule has 5 heteroatoms. The van der Waals surface area contributed by atoms with E-state index in [1.807, 2.05) is 54.6 Å². The Balaban J connectivity index is 1.77. The lowest BCUT2D eigenvalue weighted by Gasteiger charge is -2.02. The van der Waals surface area contributed by atoms with Gasteiger partial charge in [0.1, 0.15) is 5.75 Å². The summed E-state index contributed by atoms with van der Waals surface area (Å²) in [7, 11) is 1.63.